The number of likely N-dealkylation sites (tertiary alicyclic amines) is 1. The normalized spacial score (nSPS) is 14.4. The topological polar surface area (TPSA) is 117 Å². The van der Waals surface area contributed by atoms with Gasteiger partial charge in [-0.05, 0) is 52.9 Å². The number of β-amino-alcohol motifs (C(OH)–C–C–N with tert-alkyl or cyclic N) is 1. The highest BCUT2D eigenvalue weighted by molar-refractivity contribution is 14.1. The van der Waals surface area contributed by atoms with E-state index in [9.17, 15) is 23.1 Å². The molecular weight excluding hydrogens is 538 g/mol. The fraction of sp³-hybridized carbons (Fsp3) is 0.222. The molecular formula is C18H18ClF3IN5O2. The van der Waals surface area contributed by atoms with Crippen LogP contribution in [0.15, 0.2) is 35.3 Å². The Labute approximate surface area is 189 Å². The van der Waals surface area contributed by atoms with Gasteiger partial charge in [-0.3, -0.25) is 9.79 Å². The van der Waals surface area contributed by atoms with E-state index in [1.54, 1.807) is 6.07 Å². The van der Waals surface area contributed by atoms with Crippen LogP contribution in [0.5, 0.6) is 0 Å². The molecule has 1 fully saturated rings. The van der Waals surface area contributed by atoms with E-state index in [-0.39, 0.29) is 49.3 Å². The number of carbonyl (C=O) groups excluding carboxylic acids is 1. The molecule has 0 bridgehead atoms. The molecule has 30 heavy (non-hydrogen) atoms. The monoisotopic (exact) mass is 555 g/mol. The van der Waals surface area contributed by atoms with Crippen LogP contribution in [0.4, 0.5) is 24.5 Å². The van der Waals surface area contributed by atoms with E-state index in [1.165, 1.54) is 17.0 Å². The largest absolute Gasteiger partial charge is 0.384 e. The van der Waals surface area contributed by atoms with E-state index in [1.807, 2.05) is 22.6 Å². The van der Waals surface area contributed by atoms with Crippen LogP contribution in [0, 0.1) is 21.0 Å². The number of guanidine groups is 1. The van der Waals surface area contributed by atoms with E-state index < -0.39 is 34.6 Å². The highest BCUT2D eigenvalue weighted by Gasteiger charge is 2.44. The Morgan fingerprint density at radius 2 is 1.87 bits per heavy atom. The molecule has 1 amide bonds. The number of rotatable bonds is 5. The van der Waals surface area contributed by atoms with E-state index in [2.05, 4.69) is 10.3 Å². The van der Waals surface area contributed by atoms with Gasteiger partial charge in [-0.15, -0.1) is 12.4 Å². The average molecular weight is 556 g/mol. The summed E-state index contributed by atoms with van der Waals surface area (Å²) in [6.45, 7) is -0.298. The Balaban J connectivity index is 0.00000320. The van der Waals surface area contributed by atoms with Gasteiger partial charge in [0.25, 0.3) is 5.91 Å². The fourth-order valence-electron chi connectivity index (χ4n) is 2.89. The molecule has 7 nitrogen and oxygen atoms in total. The molecule has 2 aromatic carbocycles. The van der Waals surface area contributed by atoms with Crippen molar-refractivity contribution in [3.05, 3.63) is 56.9 Å². The third-order valence-electron chi connectivity index (χ3n) is 4.33. The number of aliphatic hydroxyl groups is 1. The Kier molecular flexibility index (Phi) is 7.42. The smallest absolute Gasteiger partial charge is 0.256 e. The van der Waals surface area contributed by atoms with Crippen molar-refractivity contribution in [1.29, 1.82) is 0 Å². The fourth-order valence-corrected chi connectivity index (χ4v) is 3.35. The van der Waals surface area contributed by atoms with Crippen LogP contribution in [-0.2, 0) is 0 Å². The van der Waals surface area contributed by atoms with Crippen molar-refractivity contribution in [2.75, 3.05) is 25.0 Å². The molecule has 1 aliphatic heterocycles. The van der Waals surface area contributed by atoms with Gasteiger partial charge in [-0.25, -0.2) is 13.2 Å². The van der Waals surface area contributed by atoms with Crippen molar-refractivity contribution in [2.45, 2.75) is 5.60 Å². The lowest BCUT2D eigenvalue weighted by Crippen LogP contribution is -2.65. The Morgan fingerprint density at radius 1 is 1.20 bits per heavy atom. The van der Waals surface area contributed by atoms with Gasteiger partial charge in [-0.1, -0.05) is 0 Å². The molecule has 0 radical (unpaired) electrons. The number of hydrogen-bond acceptors (Lipinski definition) is 4. The molecule has 162 valence electrons. The third-order valence-corrected chi connectivity index (χ3v) is 5.00. The summed E-state index contributed by atoms with van der Waals surface area (Å²) in [6.07, 6.45) is 0. The second-order valence-electron chi connectivity index (χ2n) is 6.66. The van der Waals surface area contributed by atoms with Crippen LogP contribution < -0.4 is 16.8 Å². The highest BCUT2D eigenvalue weighted by Crippen LogP contribution is 2.31. The summed E-state index contributed by atoms with van der Waals surface area (Å²) in [5.74, 6) is -4.05. The Morgan fingerprint density at radius 3 is 2.47 bits per heavy atom. The number of hydrogen-bond donors (Lipinski definition) is 4. The first-order valence-electron chi connectivity index (χ1n) is 8.37. The molecule has 12 heteroatoms. The second kappa shape index (κ2) is 9.27. The summed E-state index contributed by atoms with van der Waals surface area (Å²) in [5.41, 5.74) is 8.34. The maximum absolute atomic E-state index is 14.4. The van der Waals surface area contributed by atoms with Gasteiger partial charge in [0, 0.05) is 3.57 Å². The molecule has 2 aromatic rings. The number of nitrogens with zero attached hydrogens (tertiary/aromatic N) is 2. The molecule has 0 aromatic heterocycles. The predicted molar refractivity (Wildman–Crippen MR) is 118 cm³/mol. The van der Waals surface area contributed by atoms with Gasteiger partial charge in [0.05, 0.1) is 36.6 Å². The molecule has 1 saturated heterocycles. The van der Waals surface area contributed by atoms with Crippen molar-refractivity contribution >= 4 is 58.2 Å². The van der Waals surface area contributed by atoms with Gasteiger partial charge in [0.15, 0.2) is 17.6 Å². The van der Waals surface area contributed by atoms with Crippen LogP contribution in [-0.4, -0.2) is 47.1 Å². The first-order valence-corrected chi connectivity index (χ1v) is 9.45. The lowest BCUT2D eigenvalue weighted by atomic mass is 9.93. The standard InChI is InChI=1S/C18H17F3IN5O2.ClH/c19-11-3-2-10(16(28)27-7-18(29,8-27)6-25-17(23)24)15(14(11)21)26-13-4-1-9(22)5-12(13)20;/h1-5,26,29H,6-8H2,(H4,23,24,25);1H. The first kappa shape index (κ1) is 24.0. The third kappa shape index (κ3) is 5.08. The van der Waals surface area contributed by atoms with Crippen LogP contribution in [0.3, 0.4) is 0 Å². The lowest BCUT2D eigenvalue weighted by Gasteiger charge is -2.45. The van der Waals surface area contributed by atoms with Gasteiger partial charge in [-0.2, -0.15) is 0 Å². The SMILES string of the molecule is Cl.NC(N)=NCC1(O)CN(C(=O)c2ccc(F)c(F)c2Nc2ccc(I)cc2F)C1. The zero-order chi connectivity index (χ0) is 21.3. The van der Waals surface area contributed by atoms with Crippen LogP contribution in [0.1, 0.15) is 10.4 Å². The lowest BCUT2D eigenvalue weighted by molar-refractivity contribution is -0.0730. The van der Waals surface area contributed by atoms with E-state index in [4.69, 9.17) is 11.5 Å². The van der Waals surface area contributed by atoms with E-state index >= 15 is 0 Å². The maximum Gasteiger partial charge on any atom is 0.256 e. The molecule has 6 N–H and O–H groups in total. The summed E-state index contributed by atoms with van der Waals surface area (Å²) < 4.78 is 43.0. The molecule has 0 spiro atoms. The number of nitrogens with one attached hydrogen (secondary N) is 1. The quantitative estimate of drug-likeness (QED) is 0.257. The van der Waals surface area contributed by atoms with Gasteiger partial charge in [0.1, 0.15) is 11.4 Å². The molecule has 1 aliphatic rings. The van der Waals surface area contributed by atoms with Crippen molar-refractivity contribution in [1.82, 2.24) is 4.90 Å². The number of nitrogens with two attached hydrogens (primary N) is 2. The summed E-state index contributed by atoms with van der Waals surface area (Å²) in [6, 6.07) is 6.04. The summed E-state index contributed by atoms with van der Waals surface area (Å²) >= 11 is 1.91. The number of amides is 1. The number of aliphatic imine (C=N–C) groups is 1. The summed E-state index contributed by atoms with van der Waals surface area (Å²) in [5, 5.41) is 12.7. The molecule has 0 atom stereocenters. The highest BCUT2D eigenvalue weighted by atomic mass is 127. The Hall–Kier alpha value is -2.25. The van der Waals surface area contributed by atoms with Gasteiger partial charge >= 0.3 is 0 Å². The number of benzene rings is 2. The number of carbonyl (C=O) groups is 1. The van der Waals surface area contributed by atoms with Crippen molar-refractivity contribution in [3.8, 4) is 0 Å². The number of halogens is 5. The minimum absolute atomic E-state index is 0. The first-order chi connectivity index (χ1) is 13.6. The molecule has 0 aliphatic carbocycles. The Bertz CT molecular complexity index is 998. The van der Waals surface area contributed by atoms with Crippen LogP contribution in [0.2, 0.25) is 0 Å². The minimum Gasteiger partial charge on any atom is -0.384 e. The number of anilines is 2. The molecule has 1 heterocycles. The predicted octanol–water partition coefficient (Wildman–Crippen LogP) is 2.33. The molecule has 0 unspecified atom stereocenters. The van der Waals surface area contributed by atoms with E-state index in [0.717, 1.165) is 12.1 Å². The molecule has 0 saturated carbocycles. The zero-order valence-corrected chi connectivity index (χ0v) is 18.3. The van der Waals surface area contributed by atoms with Crippen molar-refractivity contribution in [2.24, 2.45) is 16.5 Å². The van der Waals surface area contributed by atoms with Gasteiger partial charge in [0.2, 0.25) is 0 Å². The summed E-state index contributed by atoms with van der Waals surface area (Å²) in [7, 11) is 0. The zero-order valence-electron chi connectivity index (χ0n) is 15.3. The van der Waals surface area contributed by atoms with Crippen molar-refractivity contribution in [3.63, 3.8) is 0 Å². The minimum atomic E-state index is -1.31. The average Bonchev–Trinajstić information content (AvgIpc) is 2.63. The van der Waals surface area contributed by atoms with Crippen LogP contribution in [0.25, 0.3) is 0 Å². The molecule has 3 rings (SSSR count). The van der Waals surface area contributed by atoms with Gasteiger partial charge < -0.3 is 26.8 Å². The summed E-state index contributed by atoms with van der Waals surface area (Å²) in [4.78, 5) is 17.7. The van der Waals surface area contributed by atoms with Crippen molar-refractivity contribution < 1.29 is 23.1 Å². The maximum atomic E-state index is 14.4. The second-order valence-corrected chi connectivity index (χ2v) is 7.91. The van der Waals surface area contributed by atoms with E-state index in [0.29, 0.717) is 3.57 Å². The van der Waals surface area contributed by atoms with Crippen LogP contribution >= 0.6 is 35.0 Å².